The van der Waals surface area contributed by atoms with Gasteiger partial charge in [0.1, 0.15) is 0 Å². The fourth-order valence-corrected chi connectivity index (χ4v) is 8.26. The van der Waals surface area contributed by atoms with Crippen molar-refractivity contribution in [2.24, 2.45) is 9.98 Å². The zero-order valence-corrected chi connectivity index (χ0v) is 58.4. The first kappa shape index (κ1) is 74.3. The molecule has 0 N–H and O–H groups in total. The minimum absolute atomic E-state index is 0. The molecule has 0 aliphatic heterocycles. The van der Waals surface area contributed by atoms with Crippen LogP contribution in [0.4, 0.5) is 22.7 Å². The van der Waals surface area contributed by atoms with Gasteiger partial charge in [0.25, 0.3) is 0 Å². The summed E-state index contributed by atoms with van der Waals surface area (Å²) in [6.45, 7) is 20.8. The zero-order chi connectivity index (χ0) is 61.4. The number of hydrogen-bond donors (Lipinski definition) is 0. The van der Waals surface area contributed by atoms with Crippen LogP contribution < -0.4 is 19.9 Å². The molecule has 0 saturated carbocycles. The number of aryl methyl sites for hydroxylation is 8. The Bertz CT molecular complexity index is 3150. The molecule has 8 nitrogen and oxygen atoms in total. The second kappa shape index (κ2) is 44.5. The van der Waals surface area contributed by atoms with Crippen LogP contribution in [0.5, 0.6) is 0 Å². The van der Waals surface area contributed by atoms with Crippen LogP contribution >= 0.6 is 0 Å². The van der Waals surface area contributed by atoms with Gasteiger partial charge in [0.05, 0.1) is 11.4 Å². The second-order valence-corrected chi connectivity index (χ2v) is 20.0. The van der Waals surface area contributed by atoms with E-state index in [1.807, 2.05) is 219 Å². The van der Waals surface area contributed by atoms with Crippen LogP contribution in [0, 0.1) is 55.4 Å². The maximum absolute atomic E-state index is 4.74. The van der Waals surface area contributed by atoms with Crippen molar-refractivity contribution in [1.82, 2.24) is 19.9 Å². The van der Waals surface area contributed by atoms with Crippen molar-refractivity contribution in [1.29, 1.82) is 0 Å². The van der Waals surface area contributed by atoms with Crippen LogP contribution in [0.1, 0.15) is 93.2 Å². The Morgan fingerprint density at radius 1 is 0.273 bits per heavy atom. The van der Waals surface area contributed by atoms with Crippen molar-refractivity contribution in [3.05, 3.63) is 370 Å². The minimum Gasteiger partial charge on any atom is -0.679 e. The number of para-hydroxylation sites is 4. The first-order valence-corrected chi connectivity index (χ1v) is 29.0. The van der Waals surface area contributed by atoms with Gasteiger partial charge in [-0.3, -0.25) is 9.98 Å². The van der Waals surface area contributed by atoms with E-state index in [-0.39, 0.29) is 77.5 Å². The third-order valence-corrected chi connectivity index (χ3v) is 12.9. The Morgan fingerprint density at radius 3 is 0.693 bits per heavy atom. The topological polar surface area (TPSA) is 109 Å². The Hall–Kier alpha value is -7.97. The molecule has 0 amide bonds. The van der Waals surface area contributed by atoms with Gasteiger partial charge in [-0.2, -0.15) is 36.2 Å². The summed E-state index contributed by atoms with van der Waals surface area (Å²) in [5.41, 5.74) is 17.8. The van der Waals surface area contributed by atoms with E-state index in [1.165, 1.54) is 44.5 Å². The Labute approximate surface area is 576 Å². The number of nitrogens with zero attached hydrogens (tertiary/aromatic N) is 8. The molecule has 0 fully saturated rings. The van der Waals surface area contributed by atoms with Gasteiger partial charge in [-0.15, -0.1) is 34.8 Å². The Balaban J connectivity index is 0.000000271. The van der Waals surface area contributed by atoms with Crippen LogP contribution in [0.25, 0.3) is 10.6 Å². The van der Waals surface area contributed by atoms with Gasteiger partial charge in [-0.25, -0.2) is 0 Å². The monoisotopic (exact) mass is 1310 g/mol. The summed E-state index contributed by atoms with van der Waals surface area (Å²) >= 11 is 0. The van der Waals surface area contributed by atoms with Gasteiger partial charge >= 0.3 is 65.4 Å². The molecule has 4 aromatic heterocycles. The van der Waals surface area contributed by atoms with Crippen molar-refractivity contribution in [2.45, 2.75) is 81.3 Å². The number of benzene rings is 8. The first-order valence-electron chi connectivity index (χ1n) is 29.0. The molecule has 0 radical (unpaired) electrons. The fourth-order valence-electron chi connectivity index (χ4n) is 8.26. The van der Waals surface area contributed by atoms with Crippen molar-refractivity contribution >= 4 is 35.2 Å². The van der Waals surface area contributed by atoms with Crippen LogP contribution in [-0.4, -0.2) is 12.4 Å². The molecular formula is C78H82N8Y2. The summed E-state index contributed by atoms with van der Waals surface area (Å²) < 4.78 is 0. The number of aromatic nitrogens is 4. The van der Waals surface area contributed by atoms with E-state index < -0.39 is 0 Å². The molecule has 440 valence electrons. The molecule has 0 saturated heterocycles. The summed E-state index contributed by atoms with van der Waals surface area (Å²) in [6, 6.07) is 88.7. The van der Waals surface area contributed by atoms with Crippen molar-refractivity contribution < 1.29 is 65.4 Å². The minimum atomic E-state index is 0. The summed E-state index contributed by atoms with van der Waals surface area (Å²) in [6.07, 6.45) is 10.8. The molecule has 10 heteroatoms. The molecule has 0 unspecified atom stereocenters. The third kappa shape index (κ3) is 29.1. The summed E-state index contributed by atoms with van der Waals surface area (Å²) in [7, 11) is 0. The van der Waals surface area contributed by atoms with Gasteiger partial charge in [0.2, 0.25) is 0 Å². The largest absolute Gasteiger partial charge is 3.00 e. The SMILES string of the molecule is Cc1cccc(C)c1N=Cc1ccc[n-]1.Cc1cccc(C)c1N=Cc1ccc[n-]1.Cc1cccc(C)c1[N-][C@@H](C)c1ccc[n-]1.Cc1cccc(C)c1[N-][C@H](C)c1ccc[n-]1.[Y+3].[Y+3].c1ccccc1.c1ccccc1.c1ccccc1.c1ccccc1. The van der Waals surface area contributed by atoms with Gasteiger partial charge in [-0.1, -0.05) is 303 Å². The molecule has 0 bridgehead atoms. The summed E-state index contributed by atoms with van der Waals surface area (Å²) in [5, 5.41) is 9.48. The van der Waals surface area contributed by atoms with E-state index in [9.17, 15) is 0 Å². The van der Waals surface area contributed by atoms with E-state index in [1.54, 1.807) is 24.8 Å². The maximum Gasteiger partial charge on any atom is 3.00 e. The van der Waals surface area contributed by atoms with Gasteiger partial charge in [-0.05, 0) is 77.6 Å². The van der Waals surface area contributed by atoms with Gasteiger partial charge < -0.3 is 30.6 Å². The van der Waals surface area contributed by atoms with Gasteiger partial charge in [0, 0.05) is 12.4 Å². The smallest absolute Gasteiger partial charge is 0.679 e. The molecular weight excluding hydrogens is 1230 g/mol. The van der Waals surface area contributed by atoms with E-state index >= 15 is 0 Å². The van der Waals surface area contributed by atoms with E-state index in [0.717, 1.165) is 45.5 Å². The molecule has 88 heavy (non-hydrogen) atoms. The zero-order valence-electron chi connectivity index (χ0n) is 52.8. The molecule has 12 rings (SSSR count). The van der Waals surface area contributed by atoms with Gasteiger partial charge in [0.15, 0.2) is 0 Å². The number of aliphatic imine (C=N–C) groups is 2. The molecule has 0 aliphatic carbocycles. The standard InChI is InChI=1S/2C14H16N2.2C13H13N2.4C6H6.2Y/c2*1-10-6-4-7-11(2)14(10)16-12(3)13-8-5-9-15-13;2*1-10-5-3-6-11(2)13(10)15-9-12-7-4-8-14-12;4*1-2-4-6-5-3-1;;/h2*4-9,12H,1-3H3;2*3-9H,1-2H3;4*1-6H;;/q2*-2;2*-1;;;;;2*+3/t2*12-;;;;;;;;/m10......../s1. The molecule has 0 aliphatic rings. The normalized spacial score (nSPS) is 10.5. The molecule has 12 aromatic rings. The van der Waals surface area contributed by atoms with Crippen LogP contribution in [0.2, 0.25) is 0 Å². The van der Waals surface area contributed by atoms with E-state index in [0.29, 0.717) is 0 Å². The first-order chi connectivity index (χ1) is 41.9. The van der Waals surface area contributed by atoms with Crippen molar-refractivity contribution in [3.8, 4) is 0 Å². The Kier molecular flexibility index (Phi) is 37.5. The predicted octanol–water partition coefficient (Wildman–Crippen LogP) is 20.8. The quantitative estimate of drug-likeness (QED) is 0.127. The van der Waals surface area contributed by atoms with Crippen LogP contribution in [0.15, 0.2) is 302 Å². The van der Waals surface area contributed by atoms with Crippen LogP contribution in [-0.2, 0) is 65.4 Å². The summed E-state index contributed by atoms with van der Waals surface area (Å²) in [4.78, 5) is 25.8. The average molecular weight is 1310 g/mol. The fraction of sp³-hybridized carbons (Fsp3) is 0.154. The molecule has 8 aromatic carbocycles. The number of hydrogen-bond acceptors (Lipinski definition) is 2. The van der Waals surface area contributed by atoms with Crippen molar-refractivity contribution in [2.75, 3.05) is 0 Å². The number of rotatable bonds is 10. The Morgan fingerprint density at radius 2 is 0.489 bits per heavy atom. The second-order valence-electron chi connectivity index (χ2n) is 20.0. The summed E-state index contributed by atoms with van der Waals surface area (Å²) in [5.74, 6) is 0. The average Bonchev–Trinajstić information content (AvgIpc) is 3.75. The molecule has 4 heterocycles. The van der Waals surface area contributed by atoms with E-state index in [2.05, 4.69) is 160 Å². The maximum atomic E-state index is 4.74. The molecule has 2 atom stereocenters. The van der Waals surface area contributed by atoms with Crippen molar-refractivity contribution in [3.63, 3.8) is 0 Å². The molecule has 0 spiro atoms. The van der Waals surface area contributed by atoms with E-state index in [4.69, 9.17) is 10.6 Å². The predicted molar refractivity (Wildman–Crippen MR) is 366 cm³/mol. The van der Waals surface area contributed by atoms with Crippen LogP contribution in [0.3, 0.4) is 0 Å². The third-order valence-electron chi connectivity index (χ3n) is 12.9.